The van der Waals surface area contributed by atoms with Crippen LogP contribution in [-0.2, 0) is 16.2 Å². The first kappa shape index (κ1) is 18.3. The number of carbonyl (C=O) groups excluding carboxylic acids is 2. The molecule has 0 radical (unpaired) electrons. The van der Waals surface area contributed by atoms with Gasteiger partial charge in [0, 0.05) is 30.7 Å². The van der Waals surface area contributed by atoms with Crippen LogP contribution in [0, 0.1) is 0 Å². The fourth-order valence-corrected chi connectivity index (χ4v) is 2.36. The van der Waals surface area contributed by atoms with Gasteiger partial charge in [0.2, 0.25) is 6.79 Å². The summed E-state index contributed by atoms with van der Waals surface area (Å²) in [5.41, 5.74) is 0.915. The van der Waals surface area contributed by atoms with E-state index in [0.29, 0.717) is 22.6 Å². The third-order valence-electron chi connectivity index (χ3n) is 3.59. The highest BCUT2D eigenvalue weighted by molar-refractivity contribution is 5.89. The summed E-state index contributed by atoms with van der Waals surface area (Å²) < 4.78 is 20.7. The van der Waals surface area contributed by atoms with Crippen molar-refractivity contribution < 1.29 is 38.7 Å². The molecule has 0 aliphatic carbocycles. The van der Waals surface area contributed by atoms with Gasteiger partial charge in [-0.15, -0.1) is 0 Å². The SMILES string of the molecule is CC(=O)Oc1cc2c(cc1OC(=O)C=Cc1ccc(O)c(CO)c1)OCO2. The van der Waals surface area contributed by atoms with Crippen LogP contribution in [0.4, 0.5) is 0 Å². The fourth-order valence-electron chi connectivity index (χ4n) is 2.36. The van der Waals surface area contributed by atoms with Crippen molar-refractivity contribution in [3.63, 3.8) is 0 Å². The summed E-state index contributed by atoms with van der Waals surface area (Å²) in [5.74, 6) is -0.565. The highest BCUT2D eigenvalue weighted by Crippen LogP contribution is 2.42. The zero-order chi connectivity index (χ0) is 19.4. The Morgan fingerprint density at radius 1 is 1.11 bits per heavy atom. The Hall–Kier alpha value is -3.52. The molecule has 1 heterocycles. The number of aliphatic hydroxyl groups is 1. The topological polar surface area (TPSA) is 112 Å². The van der Waals surface area contributed by atoms with Crippen LogP contribution in [-0.4, -0.2) is 28.9 Å². The Bertz CT molecular complexity index is 916. The van der Waals surface area contributed by atoms with Crippen LogP contribution < -0.4 is 18.9 Å². The molecule has 0 unspecified atom stereocenters. The molecule has 27 heavy (non-hydrogen) atoms. The van der Waals surface area contributed by atoms with Crippen molar-refractivity contribution in [2.24, 2.45) is 0 Å². The van der Waals surface area contributed by atoms with Gasteiger partial charge < -0.3 is 29.2 Å². The second-order valence-electron chi connectivity index (χ2n) is 5.55. The largest absolute Gasteiger partial charge is 0.508 e. The van der Waals surface area contributed by atoms with Crippen molar-refractivity contribution in [1.29, 1.82) is 0 Å². The van der Waals surface area contributed by atoms with Gasteiger partial charge in [-0.1, -0.05) is 6.07 Å². The predicted octanol–water partition coefficient (Wildman–Crippen LogP) is 2.16. The van der Waals surface area contributed by atoms with Gasteiger partial charge in [0.1, 0.15) is 5.75 Å². The number of fused-ring (bicyclic) bond motifs is 1. The lowest BCUT2D eigenvalue weighted by Gasteiger charge is -2.09. The van der Waals surface area contributed by atoms with Crippen LogP contribution >= 0.6 is 0 Å². The zero-order valence-corrected chi connectivity index (χ0v) is 14.3. The minimum atomic E-state index is -0.721. The number of benzene rings is 2. The molecule has 140 valence electrons. The first-order valence-electron chi connectivity index (χ1n) is 7.91. The quantitative estimate of drug-likeness (QED) is 0.467. The molecule has 8 heteroatoms. The molecule has 1 aliphatic heterocycles. The molecule has 0 bridgehead atoms. The average molecular weight is 372 g/mol. The molecule has 0 spiro atoms. The highest BCUT2D eigenvalue weighted by atomic mass is 16.7. The molecule has 0 amide bonds. The van der Waals surface area contributed by atoms with E-state index >= 15 is 0 Å². The summed E-state index contributed by atoms with van der Waals surface area (Å²) in [7, 11) is 0. The summed E-state index contributed by atoms with van der Waals surface area (Å²) in [4.78, 5) is 23.4. The molecule has 2 aromatic rings. The Labute approximate surface area is 154 Å². The Morgan fingerprint density at radius 3 is 2.41 bits per heavy atom. The summed E-state index contributed by atoms with van der Waals surface area (Å²) in [5, 5.41) is 18.7. The standard InChI is InChI=1S/C19H16O8/c1-11(21)26-17-7-15-16(25-10-24-15)8-18(17)27-19(23)5-3-12-2-4-14(22)13(6-12)9-20/h2-8,20,22H,9-10H2,1H3. The number of hydrogen-bond acceptors (Lipinski definition) is 8. The Balaban J connectivity index is 1.78. The number of aliphatic hydroxyl groups excluding tert-OH is 1. The summed E-state index contributed by atoms with van der Waals surface area (Å²) in [6.45, 7) is 0.904. The van der Waals surface area contributed by atoms with Crippen molar-refractivity contribution in [2.45, 2.75) is 13.5 Å². The van der Waals surface area contributed by atoms with Gasteiger partial charge in [-0.3, -0.25) is 4.79 Å². The van der Waals surface area contributed by atoms with Crippen LogP contribution in [0.5, 0.6) is 28.7 Å². The normalized spacial score (nSPS) is 12.2. The van der Waals surface area contributed by atoms with Crippen molar-refractivity contribution in [1.82, 2.24) is 0 Å². The van der Waals surface area contributed by atoms with E-state index < -0.39 is 11.9 Å². The van der Waals surface area contributed by atoms with E-state index in [2.05, 4.69) is 0 Å². The van der Waals surface area contributed by atoms with Crippen molar-refractivity contribution >= 4 is 18.0 Å². The van der Waals surface area contributed by atoms with Gasteiger partial charge in [0.25, 0.3) is 0 Å². The number of esters is 2. The number of hydrogen-bond donors (Lipinski definition) is 2. The lowest BCUT2D eigenvalue weighted by Crippen LogP contribution is -2.08. The van der Waals surface area contributed by atoms with Crippen LogP contribution in [0.1, 0.15) is 18.1 Å². The fraction of sp³-hybridized carbons (Fsp3) is 0.158. The number of carbonyl (C=O) groups is 2. The maximum Gasteiger partial charge on any atom is 0.336 e. The van der Waals surface area contributed by atoms with Gasteiger partial charge in [0.15, 0.2) is 23.0 Å². The van der Waals surface area contributed by atoms with E-state index in [1.54, 1.807) is 6.07 Å². The van der Waals surface area contributed by atoms with Crippen LogP contribution in [0.2, 0.25) is 0 Å². The van der Waals surface area contributed by atoms with E-state index in [9.17, 15) is 14.7 Å². The molecule has 0 saturated carbocycles. The molecule has 3 rings (SSSR count). The number of phenols is 1. The van der Waals surface area contributed by atoms with E-state index in [0.717, 1.165) is 6.08 Å². The van der Waals surface area contributed by atoms with Crippen LogP contribution in [0.25, 0.3) is 6.08 Å². The molecule has 0 atom stereocenters. The van der Waals surface area contributed by atoms with Gasteiger partial charge in [-0.05, 0) is 23.8 Å². The van der Waals surface area contributed by atoms with Crippen LogP contribution in [0.15, 0.2) is 36.4 Å². The number of ether oxygens (including phenoxy) is 4. The molecule has 2 N–H and O–H groups in total. The second kappa shape index (κ2) is 7.79. The molecule has 1 aliphatic rings. The molecular weight excluding hydrogens is 356 g/mol. The summed E-state index contributed by atoms with van der Waals surface area (Å²) in [6.07, 6.45) is 2.62. The molecule has 8 nitrogen and oxygen atoms in total. The highest BCUT2D eigenvalue weighted by Gasteiger charge is 2.21. The lowest BCUT2D eigenvalue weighted by atomic mass is 10.1. The van der Waals surface area contributed by atoms with Crippen LogP contribution in [0.3, 0.4) is 0 Å². The van der Waals surface area contributed by atoms with E-state index in [1.807, 2.05) is 0 Å². The molecule has 2 aromatic carbocycles. The molecule has 0 fully saturated rings. The van der Waals surface area contributed by atoms with Crippen molar-refractivity contribution in [2.75, 3.05) is 6.79 Å². The molecular formula is C19H16O8. The average Bonchev–Trinajstić information content (AvgIpc) is 3.08. The summed E-state index contributed by atoms with van der Waals surface area (Å²) in [6, 6.07) is 7.32. The Kier molecular flexibility index (Phi) is 5.28. The Morgan fingerprint density at radius 2 is 1.78 bits per heavy atom. The lowest BCUT2D eigenvalue weighted by molar-refractivity contribution is -0.133. The number of aromatic hydroxyl groups is 1. The smallest absolute Gasteiger partial charge is 0.336 e. The van der Waals surface area contributed by atoms with E-state index in [1.165, 1.54) is 37.3 Å². The summed E-state index contributed by atoms with van der Waals surface area (Å²) >= 11 is 0. The van der Waals surface area contributed by atoms with E-state index in [4.69, 9.17) is 24.1 Å². The van der Waals surface area contributed by atoms with Gasteiger partial charge in [-0.2, -0.15) is 0 Å². The monoisotopic (exact) mass is 372 g/mol. The van der Waals surface area contributed by atoms with E-state index in [-0.39, 0.29) is 30.6 Å². The third-order valence-corrected chi connectivity index (χ3v) is 3.59. The number of rotatable bonds is 5. The first-order chi connectivity index (χ1) is 13.0. The third kappa shape index (κ3) is 4.36. The van der Waals surface area contributed by atoms with Gasteiger partial charge in [0.05, 0.1) is 6.61 Å². The predicted molar refractivity (Wildman–Crippen MR) is 92.6 cm³/mol. The van der Waals surface area contributed by atoms with Gasteiger partial charge >= 0.3 is 11.9 Å². The van der Waals surface area contributed by atoms with Crippen molar-refractivity contribution in [3.05, 3.63) is 47.5 Å². The van der Waals surface area contributed by atoms with Gasteiger partial charge in [-0.25, -0.2) is 4.79 Å². The minimum Gasteiger partial charge on any atom is -0.508 e. The second-order valence-corrected chi connectivity index (χ2v) is 5.55. The van der Waals surface area contributed by atoms with Crippen molar-refractivity contribution in [3.8, 4) is 28.7 Å². The molecule has 0 saturated heterocycles. The molecule has 0 aromatic heterocycles. The first-order valence-corrected chi connectivity index (χ1v) is 7.91. The maximum absolute atomic E-state index is 12.1. The maximum atomic E-state index is 12.1. The minimum absolute atomic E-state index is 0.00542. The zero-order valence-electron chi connectivity index (χ0n) is 14.3.